The number of alkyl halides is 1. The Morgan fingerprint density at radius 1 is 0.930 bits per heavy atom. The number of epoxide rings is 1. The van der Waals surface area contributed by atoms with Crippen LogP contribution in [0.1, 0.15) is 106 Å². The fraction of sp³-hybridized carbons (Fsp3) is 1.00. The molecule has 0 aromatic heterocycles. The summed E-state index contributed by atoms with van der Waals surface area (Å²) in [4.78, 5) is 0. The van der Waals surface area contributed by atoms with Crippen LogP contribution in [0.2, 0.25) is 0 Å². The van der Waals surface area contributed by atoms with Crippen LogP contribution < -0.4 is 0 Å². The summed E-state index contributed by atoms with van der Waals surface area (Å²) >= 11 is 7.40. The smallest absolute Gasteiger partial charge is 0.187 e. The molecule has 6 rings (SSSR count). The largest absolute Gasteiger partial charge is 0.394 e. The minimum absolute atomic E-state index is 0.0289. The number of fused-ring (bicyclic) bond motifs is 4. The molecule has 8 heteroatoms. The van der Waals surface area contributed by atoms with Gasteiger partial charge in [0.1, 0.15) is 36.1 Å². The number of aliphatic hydroxyl groups is 4. The van der Waals surface area contributed by atoms with Crippen molar-refractivity contribution in [2.75, 3.05) is 6.61 Å². The zero-order valence-corrected chi connectivity index (χ0v) is 28.1. The van der Waals surface area contributed by atoms with Crippen LogP contribution in [0.25, 0.3) is 0 Å². The number of rotatable bonds is 9. The molecule has 2 heterocycles. The Kier molecular flexibility index (Phi) is 9.12. The average molecular weight is 627 g/mol. The van der Waals surface area contributed by atoms with E-state index in [0.29, 0.717) is 17.3 Å². The fourth-order valence-electron chi connectivity index (χ4n) is 11.8. The van der Waals surface area contributed by atoms with E-state index in [4.69, 9.17) is 25.8 Å². The molecule has 248 valence electrons. The monoisotopic (exact) mass is 626 g/mol. The summed E-state index contributed by atoms with van der Waals surface area (Å²) in [6.07, 6.45) is 5.00. The molecule has 6 unspecified atom stereocenters. The summed E-state index contributed by atoms with van der Waals surface area (Å²) in [5.74, 6) is 5.10. The third-order valence-electron chi connectivity index (χ3n) is 14.4. The van der Waals surface area contributed by atoms with Crippen molar-refractivity contribution in [3.05, 3.63) is 0 Å². The first-order valence-electron chi connectivity index (χ1n) is 17.6. The maximum atomic E-state index is 10.6. The van der Waals surface area contributed by atoms with E-state index in [1.165, 1.54) is 44.9 Å². The molecule has 0 radical (unpaired) electrons. The molecule has 17 atom stereocenters. The van der Waals surface area contributed by atoms with Crippen LogP contribution in [0.3, 0.4) is 0 Å². The van der Waals surface area contributed by atoms with Crippen LogP contribution in [0.4, 0.5) is 0 Å². The molecule has 43 heavy (non-hydrogen) atoms. The predicted molar refractivity (Wildman–Crippen MR) is 165 cm³/mol. The van der Waals surface area contributed by atoms with E-state index in [-0.39, 0.29) is 23.0 Å². The Morgan fingerprint density at radius 2 is 1.67 bits per heavy atom. The van der Waals surface area contributed by atoms with Crippen molar-refractivity contribution < 1.29 is 34.6 Å². The summed E-state index contributed by atoms with van der Waals surface area (Å²) in [7, 11) is 0. The van der Waals surface area contributed by atoms with Gasteiger partial charge in [-0.15, -0.1) is 11.6 Å². The lowest BCUT2D eigenvalue weighted by molar-refractivity contribution is -0.314. The lowest BCUT2D eigenvalue weighted by atomic mass is 9.44. The van der Waals surface area contributed by atoms with Crippen molar-refractivity contribution in [2.45, 2.75) is 160 Å². The lowest BCUT2D eigenvalue weighted by Crippen LogP contribution is -2.64. The number of hydrogen-bond acceptors (Lipinski definition) is 7. The first-order valence-corrected chi connectivity index (χ1v) is 18.1. The zero-order chi connectivity index (χ0) is 31.1. The van der Waals surface area contributed by atoms with Crippen LogP contribution in [0.15, 0.2) is 0 Å². The third-order valence-corrected chi connectivity index (χ3v) is 14.9. The quantitative estimate of drug-likeness (QED) is 0.157. The van der Waals surface area contributed by atoms with Crippen molar-refractivity contribution in [2.24, 2.45) is 52.3 Å². The van der Waals surface area contributed by atoms with Gasteiger partial charge in [0.05, 0.1) is 18.1 Å². The third kappa shape index (κ3) is 5.00. The van der Waals surface area contributed by atoms with Gasteiger partial charge in [-0.25, -0.2) is 0 Å². The van der Waals surface area contributed by atoms with Gasteiger partial charge in [0.25, 0.3) is 0 Å². The van der Waals surface area contributed by atoms with Crippen molar-refractivity contribution in [1.29, 1.82) is 0 Å². The molecule has 2 aliphatic heterocycles. The van der Waals surface area contributed by atoms with Gasteiger partial charge >= 0.3 is 0 Å². The Morgan fingerprint density at radius 3 is 2.35 bits per heavy atom. The summed E-state index contributed by atoms with van der Waals surface area (Å²) in [6, 6.07) is 0. The van der Waals surface area contributed by atoms with E-state index >= 15 is 0 Å². The second-order valence-electron chi connectivity index (χ2n) is 16.4. The van der Waals surface area contributed by atoms with Crippen LogP contribution in [0.5, 0.6) is 0 Å². The highest BCUT2D eigenvalue weighted by atomic mass is 35.5. The highest BCUT2D eigenvalue weighted by Crippen LogP contribution is 2.74. The van der Waals surface area contributed by atoms with Crippen molar-refractivity contribution >= 4 is 11.6 Å². The van der Waals surface area contributed by atoms with Gasteiger partial charge in [-0.05, 0) is 98.2 Å². The van der Waals surface area contributed by atoms with Gasteiger partial charge in [-0.3, -0.25) is 0 Å². The van der Waals surface area contributed by atoms with E-state index in [1.807, 2.05) is 0 Å². The standard InChI is InChI=1S/C35H59ClO7/c1-7-20(18(2)3)9-8-19(4)22-10-11-23-21-16-27(36)35-31(43-35)25(13-15-34(35,6)24(21)12-14-33(22,23)5)41-32-30(40)29(39)28(38)26(17-37)42-32/h18-32,37-40H,7-17H2,1-6H3/t19-,20-,21?,22-,23?,24?,25?,26-,27-,28+,29+,30-,31?,32-,33-,34-,35?/m1/s1. The molecule has 0 aromatic carbocycles. The highest BCUT2D eigenvalue weighted by molar-refractivity contribution is 6.22. The van der Waals surface area contributed by atoms with Crippen LogP contribution in [-0.4, -0.2) is 80.9 Å². The molecular formula is C35H59ClO7. The maximum Gasteiger partial charge on any atom is 0.187 e. The molecular weight excluding hydrogens is 568 g/mol. The normalized spacial score (nSPS) is 53.9. The van der Waals surface area contributed by atoms with Gasteiger partial charge in [-0.1, -0.05) is 54.4 Å². The van der Waals surface area contributed by atoms with Crippen LogP contribution in [-0.2, 0) is 14.2 Å². The number of aliphatic hydroxyl groups excluding tert-OH is 4. The number of ether oxygens (including phenoxy) is 3. The molecule has 0 bridgehead atoms. The second kappa shape index (κ2) is 11.9. The van der Waals surface area contributed by atoms with Crippen LogP contribution >= 0.6 is 11.6 Å². The zero-order valence-electron chi connectivity index (χ0n) is 27.3. The lowest BCUT2D eigenvalue weighted by Gasteiger charge is -2.61. The van der Waals surface area contributed by atoms with Crippen molar-refractivity contribution in [3.63, 3.8) is 0 Å². The Balaban J connectivity index is 1.14. The molecule has 6 aliphatic rings. The summed E-state index contributed by atoms with van der Waals surface area (Å²) in [5, 5.41) is 40.6. The number of halogens is 1. The fourth-order valence-corrected chi connectivity index (χ4v) is 12.5. The van der Waals surface area contributed by atoms with Crippen molar-refractivity contribution in [3.8, 4) is 0 Å². The first kappa shape index (κ1) is 32.9. The average Bonchev–Trinajstić information content (AvgIpc) is 3.65. The van der Waals surface area contributed by atoms with Gasteiger partial charge in [0.2, 0.25) is 0 Å². The molecule has 0 aromatic rings. The SMILES string of the molecule is CC[C@H](CC[C@@H](C)[C@H]1CCC2C3C[C@@H](Cl)C45OC4C(O[C@@H]4O[C@H](CO)[C@H](O)[C@H](O)[C@H]4O)CC[C@]5(C)C3CC[C@@]21C)C(C)C. The van der Waals surface area contributed by atoms with E-state index in [2.05, 4.69) is 41.5 Å². The molecule has 0 amide bonds. The highest BCUT2D eigenvalue weighted by Gasteiger charge is 2.80. The molecule has 1 spiro atoms. The molecule has 4 N–H and O–H groups in total. The van der Waals surface area contributed by atoms with E-state index in [0.717, 1.165) is 48.9 Å². The Hall–Kier alpha value is 0.01000. The number of hydrogen-bond donors (Lipinski definition) is 4. The molecule has 4 aliphatic carbocycles. The van der Waals surface area contributed by atoms with Crippen LogP contribution in [0, 0.1) is 52.3 Å². The second-order valence-corrected chi connectivity index (χ2v) is 17.0. The molecule has 7 nitrogen and oxygen atoms in total. The van der Waals surface area contributed by atoms with Crippen molar-refractivity contribution in [1.82, 2.24) is 0 Å². The molecule has 2 saturated heterocycles. The first-order chi connectivity index (χ1) is 20.3. The summed E-state index contributed by atoms with van der Waals surface area (Å²) in [6.45, 7) is 14.2. The van der Waals surface area contributed by atoms with Gasteiger partial charge in [0.15, 0.2) is 6.29 Å². The molecule has 4 saturated carbocycles. The van der Waals surface area contributed by atoms with E-state index < -0.39 is 42.9 Å². The van der Waals surface area contributed by atoms with E-state index in [1.54, 1.807) is 0 Å². The minimum Gasteiger partial charge on any atom is -0.394 e. The predicted octanol–water partition coefficient (Wildman–Crippen LogP) is 5.28. The topological polar surface area (TPSA) is 112 Å². The van der Waals surface area contributed by atoms with Gasteiger partial charge < -0.3 is 34.6 Å². The summed E-state index contributed by atoms with van der Waals surface area (Å²) in [5.41, 5.74) is -0.0818. The van der Waals surface area contributed by atoms with Gasteiger partial charge in [-0.2, -0.15) is 0 Å². The Labute approximate surface area is 264 Å². The minimum atomic E-state index is -1.45. The molecule has 6 fully saturated rings. The maximum absolute atomic E-state index is 10.6. The van der Waals surface area contributed by atoms with E-state index in [9.17, 15) is 20.4 Å². The van der Waals surface area contributed by atoms with Gasteiger partial charge in [0, 0.05) is 5.41 Å². The summed E-state index contributed by atoms with van der Waals surface area (Å²) < 4.78 is 18.6. The Bertz CT molecular complexity index is 995.